The van der Waals surface area contributed by atoms with Gasteiger partial charge in [0.2, 0.25) is 5.91 Å². The molecule has 0 aromatic heterocycles. The zero-order valence-corrected chi connectivity index (χ0v) is 12.5. The topological polar surface area (TPSA) is 81.4 Å². The van der Waals surface area contributed by atoms with E-state index in [4.69, 9.17) is 10.5 Å². The molecular formula is C17H18N2O3. The molecule has 1 unspecified atom stereocenters. The molecule has 2 rings (SSSR count). The summed E-state index contributed by atoms with van der Waals surface area (Å²) in [4.78, 5) is 23.7. The zero-order valence-electron chi connectivity index (χ0n) is 12.5. The maximum atomic E-state index is 12.4. The number of methoxy groups -OCH3 is 1. The SMILES string of the molecule is COC(C(=O)Nc1cc(C(N)=O)ccc1C)c1ccccc1. The maximum absolute atomic E-state index is 12.4. The van der Waals surface area contributed by atoms with Gasteiger partial charge in [0.1, 0.15) is 0 Å². The van der Waals surface area contributed by atoms with E-state index in [2.05, 4.69) is 5.32 Å². The first-order valence-corrected chi connectivity index (χ1v) is 6.82. The minimum absolute atomic E-state index is 0.307. The molecule has 0 aliphatic rings. The van der Waals surface area contributed by atoms with E-state index in [1.807, 2.05) is 37.3 Å². The molecule has 5 heteroatoms. The van der Waals surface area contributed by atoms with Gasteiger partial charge in [-0.3, -0.25) is 9.59 Å². The van der Waals surface area contributed by atoms with Gasteiger partial charge < -0.3 is 15.8 Å². The second-order valence-corrected chi connectivity index (χ2v) is 4.91. The lowest BCUT2D eigenvalue weighted by Gasteiger charge is -2.17. The summed E-state index contributed by atoms with van der Waals surface area (Å²) in [6, 6.07) is 14.1. The molecule has 0 aliphatic carbocycles. The van der Waals surface area contributed by atoms with Gasteiger partial charge in [-0.25, -0.2) is 0 Å². The van der Waals surface area contributed by atoms with Crippen LogP contribution in [0.5, 0.6) is 0 Å². The number of benzene rings is 2. The number of nitrogens with two attached hydrogens (primary N) is 1. The highest BCUT2D eigenvalue weighted by Crippen LogP contribution is 2.22. The van der Waals surface area contributed by atoms with E-state index < -0.39 is 12.0 Å². The molecular weight excluding hydrogens is 280 g/mol. The standard InChI is InChI=1S/C17H18N2O3/c1-11-8-9-13(16(18)20)10-14(11)19-17(21)15(22-2)12-6-4-3-5-7-12/h3-10,15H,1-2H3,(H2,18,20)(H,19,21). The van der Waals surface area contributed by atoms with Crippen molar-refractivity contribution in [3.05, 3.63) is 65.2 Å². The van der Waals surface area contributed by atoms with Crippen LogP contribution < -0.4 is 11.1 Å². The van der Waals surface area contributed by atoms with Gasteiger partial charge in [-0.15, -0.1) is 0 Å². The van der Waals surface area contributed by atoms with Gasteiger partial charge >= 0.3 is 0 Å². The molecule has 0 radical (unpaired) electrons. The number of anilines is 1. The predicted molar refractivity (Wildman–Crippen MR) is 84.5 cm³/mol. The van der Waals surface area contributed by atoms with Gasteiger partial charge in [0.15, 0.2) is 6.10 Å². The Morgan fingerprint density at radius 3 is 2.41 bits per heavy atom. The molecule has 0 bridgehead atoms. The first-order valence-electron chi connectivity index (χ1n) is 6.82. The summed E-state index contributed by atoms with van der Waals surface area (Å²) in [5, 5.41) is 2.78. The van der Waals surface area contributed by atoms with Crippen LogP contribution in [-0.2, 0) is 9.53 Å². The van der Waals surface area contributed by atoms with Crippen LogP contribution in [0.2, 0.25) is 0 Å². The summed E-state index contributed by atoms with van der Waals surface area (Å²) < 4.78 is 5.28. The van der Waals surface area contributed by atoms with E-state index in [9.17, 15) is 9.59 Å². The van der Waals surface area contributed by atoms with Crippen molar-refractivity contribution in [1.82, 2.24) is 0 Å². The quantitative estimate of drug-likeness (QED) is 0.889. The molecule has 0 saturated heterocycles. The highest BCUT2D eigenvalue weighted by Gasteiger charge is 2.20. The van der Waals surface area contributed by atoms with E-state index in [0.29, 0.717) is 11.3 Å². The zero-order chi connectivity index (χ0) is 16.1. The highest BCUT2D eigenvalue weighted by molar-refractivity contribution is 5.98. The summed E-state index contributed by atoms with van der Waals surface area (Å²) in [7, 11) is 1.48. The van der Waals surface area contributed by atoms with Gasteiger partial charge in [0, 0.05) is 18.4 Å². The van der Waals surface area contributed by atoms with Crippen LogP contribution in [0.3, 0.4) is 0 Å². The summed E-state index contributed by atoms with van der Waals surface area (Å²) >= 11 is 0. The number of carbonyl (C=O) groups excluding carboxylic acids is 2. The van der Waals surface area contributed by atoms with Crippen LogP contribution in [0.15, 0.2) is 48.5 Å². The number of aryl methyl sites for hydroxylation is 1. The van der Waals surface area contributed by atoms with Crippen molar-refractivity contribution < 1.29 is 14.3 Å². The predicted octanol–water partition coefficient (Wildman–Crippen LogP) is 2.42. The summed E-state index contributed by atoms with van der Waals surface area (Å²) in [6.07, 6.45) is -0.724. The number of rotatable bonds is 5. The third-order valence-electron chi connectivity index (χ3n) is 3.36. The second-order valence-electron chi connectivity index (χ2n) is 4.91. The van der Waals surface area contributed by atoms with Crippen LogP contribution in [0.4, 0.5) is 5.69 Å². The second kappa shape index (κ2) is 6.87. The Balaban J connectivity index is 2.24. The fourth-order valence-electron chi connectivity index (χ4n) is 2.13. The summed E-state index contributed by atoms with van der Waals surface area (Å²) in [5.74, 6) is -0.847. The molecule has 0 spiro atoms. The first-order chi connectivity index (χ1) is 10.5. The Morgan fingerprint density at radius 1 is 1.14 bits per heavy atom. The third-order valence-corrected chi connectivity index (χ3v) is 3.36. The minimum atomic E-state index is -0.724. The Hall–Kier alpha value is -2.66. The molecule has 5 nitrogen and oxygen atoms in total. The van der Waals surface area contributed by atoms with Crippen molar-refractivity contribution >= 4 is 17.5 Å². The first kappa shape index (κ1) is 15.7. The largest absolute Gasteiger partial charge is 0.367 e. The van der Waals surface area contributed by atoms with E-state index in [0.717, 1.165) is 11.1 Å². The van der Waals surface area contributed by atoms with Crippen LogP contribution in [0, 0.1) is 6.92 Å². The molecule has 1 atom stereocenters. The van der Waals surface area contributed by atoms with Gasteiger partial charge in [-0.05, 0) is 30.2 Å². The summed E-state index contributed by atoms with van der Waals surface area (Å²) in [5.41, 5.74) is 7.74. The molecule has 2 aromatic rings. The number of nitrogens with one attached hydrogen (secondary N) is 1. The summed E-state index contributed by atoms with van der Waals surface area (Å²) in [6.45, 7) is 1.84. The smallest absolute Gasteiger partial charge is 0.258 e. The number of hydrogen-bond donors (Lipinski definition) is 2. The van der Waals surface area contributed by atoms with Crippen LogP contribution in [-0.4, -0.2) is 18.9 Å². The number of hydrogen-bond acceptors (Lipinski definition) is 3. The number of carbonyl (C=O) groups is 2. The average molecular weight is 298 g/mol. The highest BCUT2D eigenvalue weighted by atomic mass is 16.5. The number of amides is 2. The van der Waals surface area contributed by atoms with Crippen molar-refractivity contribution in [2.45, 2.75) is 13.0 Å². The Bertz CT molecular complexity index is 684. The van der Waals surface area contributed by atoms with Gasteiger partial charge in [0.25, 0.3) is 5.91 Å². The minimum Gasteiger partial charge on any atom is -0.367 e. The molecule has 0 aliphatic heterocycles. The van der Waals surface area contributed by atoms with E-state index in [-0.39, 0.29) is 5.91 Å². The van der Waals surface area contributed by atoms with E-state index in [1.165, 1.54) is 7.11 Å². The monoisotopic (exact) mass is 298 g/mol. The molecule has 22 heavy (non-hydrogen) atoms. The van der Waals surface area contributed by atoms with Crippen molar-refractivity contribution in [3.8, 4) is 0 Å². The van der Waals surface area contributed by atoms with Gasteiger partial charge in [0.05, 0.1) is 0 Å². The van der Waals surface area contributed by atoms with E-state index in [1.54, 1.807) is 18.2 Å². The molecule has 0 saturated carbocycles. The fourth-order valence-corrected chi connectivity index (χ4v) is 2.13. The lowest BCUT2D eigenvalue weighted by atomic mass is 10.1. The van der Waals surface area contributed by atoms with Gasteiger partial charge in [-0.2, -0.15) is 0 Å². The van der Waals surface area contributed by atoms with Crippen molar-refractivity contribution in [1.29, 1.82) is 0 Å². The van der Waals surface area contributed by atoms with Crippen LogP contribution in [0.1, 0.15) is 27.6 Å². The molecule has 114 valence electrons. The number of primary amides is 1. The van der Waals surface area contributed by atoms with Gasteiger partial charge in [-0.1, -0.05) is 36.4 Å². The molecule has 2 aromatic carbocycles. The average Bonchev–Trinajstić information content (AvgIpc) is 2.51. The lowest BCUT2D eigenvalue weighted by molar-refractivity contribution is -0.126. The lowest BCUT2D eigenvalue weighted by Crippen LogP contribution is -2.23. The molecule has 3 N–H and O–H groups in total. The van der Waals surface area contributed by atoms with Crippen molar-refractivity contribution in [2.75, 3.05) is 12.4 Å². The molecule has 2 amide bonds. The van der Waals surface area contributed by atoms with E-state index >= 15 is 0 Å². The number of ether oxygens (including phenoxy) is 1. The van der Waals surface area contributed by atoms with Crippen molar-refractivity contribution in [2.24, 2.45) is 5.73 Å². The Labute approximate surface area is 129 Å². The third kappa shape index (κ3) is 3.51. The van der Waals surface area contributed by atoms with Crippen LogP contribution >= 0.6 is 0 Å². The molecule has 0 heterocycles. The fraction of sp³-hybridized carbons (Fsp3) is 0.176. The Morgan fingerprint density at radius 2 is 1.82 bits per heavy atom. The maximum Gasteiger partial charge on any atom is 0.258 e. The Kier molecular flexibility index (Phi) is 4.91. The normalized spacial score (nSPS) is 11.7. The van der Waals surface area contributed by atoms with Crippen LogP contribution in [0.25, 0.3) is 0 Å². The molecule has 0 fully saturated rings. The van der Waals surface area contributed by atoms with Crippen molar-refractivity contribution in [3.63, 3.8) is 0 Å².